The van der Waals surface area contributed by atoms with Crippen molar-refractivity contribution in [3.8, 4) is 10.6 Å². The third-order valence-corrected chi connectivity index (χ3v) is 5.58. The highest BCUT2D eigenvalue weighted by Crippen LogP contribution is 2.29. The Bertz CT molecular complexity index is 1160. The first kappa shape index (κ1) is 20.4. The second kappa shape index (κ2) is 7.96. The number of rotatable bonds is 4. The molecule has 0 saturated carbocycles. The largest absolute Gasteiger partial charge is 0.326 e. The molecule has 0 unspecified atom stereocenters. The molecule has 9 heteroatoms. The number of benzene rings is 1. The predicted octanol–water partition coefficient (Wildman–Crippen LogP) is 3.04. The molecule has 2 heterocycles. The summed E-state index contributed by atoms with van der Waals surface area (Å²) in [6.07, 6.45) is 0. The number of carbonyl (C=O) groups is 2. The molecule has 1 aromatic carbocycles. The van der Waals surface area contributed by atoms with E-state index in [2.05, 4.69) is 20.7 Å². The van der Waals surface area contributed by atoms with Crippen molar-refractivity contribution in [1.29, 1.82) is 0 Å². The molecule has 0 aliphatic rings. The maximum atomic E-state index is 12.7. The summed E-state index contributed by atoms with van der Waals surface area (Å²) < 4.78 is 1.28. The first-order chi connectivity index (χ1) is 13.7. The van der Waals surface area contributed by atoms with Gasteiger partial charge in [0.1, 0.15) is 9.88 Å². The Labute approximate surface area is 171 Å². The number of carbonyl (C=O) groups excluding carboxylic acids is 2. The molecule has 2 amide bonds. The van der Waals surface area contributed by atoms with Crippen LogP contribution < -0.4 is 16.2 Å². The minimum absolute atomic E-state index is 0.164. The van der Waals surface area contributed by atoms with Crippen molar-refractivity contribution in [1.82, 2.24) is 14.8 Å². The first-order valence-corrected chi connectivity index (χ1v) is 9.70. The number of thiazole rings is 1. The summed E-state index contributed by atoms with van der Waals surface area (Å²) in [5, 5.41) is 10.2. The number of nitrogens with one attached hydrogen (secondary N) is 2. The maximum Gasteiger partial charge on any atom is 0.277 e. The molecule has 0 bridgehead atoms. The minimum atomic E-state index is -0.307. The Balaban J connectivity index is 1.88. The Morgan fingerprint density at radius 1 is 1.00 bits per heavy atom. The van der Waals surface area contributed by atoms with E-state index >= 15 is 0 Å². The Kier molecular flexibility index (Phi) is 5.60. The fraction of sp³-hybridized carbons (Fsp3) is 0.250. The van der Waals surface area contributed by atoms with E-state index in [1.165, 1.54) is 22.9 Å². The van der Waals surface area contributed by atoms with E-state index in [0.29, 0.717) is 32.5 Å². The quantitative estimate of drug-likeness (QED) is 0.686. The van der Waals surface area contributed by atoms with Crippen molar-refractivity contribution in [3.05, 3.63) is 56.4 Å². The number of amides is 2. The molecule has 0 atom stereocenters. The molecule has 150 valence electrons. The molecular formula is C20H21N5O3S. The van der Waals surface area contributed by atoms with E-state index in [1.807, 2.05) is 13.8 Å². The number of aryl methyl sites for hydroxylation is 3. The summed E-state index contributed by atoms with van der Waals surface area (Å²) >= 11 is 1.18. The Morgan fingerprint density at radius 3 is 2.17 bits per heavy atom. The summed E-state index contributed by atoms with van der Waals surface area (Å²) in [7, 11) is 1.59. The highest BCUT2D eigenvalue weighted by Gasteiger charge is 2.21. The second-order valence-corrected chi connectivity index (χ2v) is 7.66. The number of anilines is 2. The van der Waals surface area contributed by atoms with Gasteiger partial charge in [0, 0.05) is 25.3 Å². The zero-order valence-electron chi connectivity index (χ0n) is 16.8. The van der Waals surface area contributed by atoms with Gasteiger partial charge in [-0.1, -0.05) is 0 Å². The van der Waals surface area contributed by atoms with Gasteiger partial charge in [0.2, 0.25) is 5.91 Å². The summed E-state index contributed by atoms with van der Waals surface area (Å²) in [5.41, 5.74) is 3.49. The standard InChI is InChI=1S/C20H21N5O3S/c1-10-11(2)24-25(5)20(28)16(10)19-21-12(3)17(29-19)18(27)23-15-8-6-14(7-9-15)22-13(4)26/h6-9H,1-5H3,(H,22,26)(H,23,27). The number of hydrogen-bond acceptors (Lipinski definition) is 6. The molecule has 2 aromatic heterocycles. The van der Waals surface area contributed by atoms with Gasteiger partial charge in [0.15, 0.2) is 0 Å². The fourth-order valence-electron chi connectivity index (χ4n) is 2.84. The zero-order valence-corrected chi connectivity index (χ0v) is 17.6. The van der Waals surface area contributed by atoms with Crippen LogP contribution in [0.3, 0.4) is 0 Å². The summed E-state index contributed by atoms with van der Waals surface area (Å²) in [4.78, 5) is 41.3. The molecule has 0 aliphatic heterocycles. The van der Waals surface area contributed by atoms with Crippen LogP contribution in [-0.4, -0.2) is 26.6 Å². The molecule has 0 saturated heterocycles. The van der Waals surface area contributed by atoms with Crippen molar-refractivity contribution in [2.45, 2.75) is 27.7 Å². The molecule has 0 spiro atoms. The van der Waals surface area contributed by atoms with E-state index in [1.54, 1.807) is 38.2 Å². The maximum absolute atomic E-state index is 12.7. The smallest absolute Gasteiger partial charge is 0.277 e. The third-order valence-electron chi connectivity index (χ3n) is 4.41. The van der Waals surface area contributed by atoms with Crippen molar-refractivity contribution in [2.75, 3.05) is 10.6 Å². The normalized spacial score (nSPS) is 10.7. The molecule has 3 rings (SSSR count). The van der Waals surface area contributed by atoms with Gasteiger partial charge in [-0.15, -0.1) is 11.3 Å². The molecular weight excluding hydrogens is 390 g/mol. The first-order valence-electron chi connectivity index (χ1n) is 8.88. The average Bonchev–Trinajstić information content (AvgIpc) is 3.03. The zero-order chi connectivity index (χ0) is 21.3. The number of nitrogens with zero attached hydrogens (tertiary/aromatic N) is 3. The van der Waals surface area contributed by atoms with E-state index in [4.69, 9.17) is 0 Å². The lowest BCUT2D eigenvalue weighted by Gasteiger charge is -2.07. The molecule has 8 nitrogen and oxygen atoms in total. The van der Waals surface area contributed by atoms with Crippen LogP contribution in [0, 0.1) is 20.8 Å². The van der Waals surface area contributed by atoms with Gasteiger partial charge < -0.3 is 10.6 Å². The third kappa shape index (κ3) is 4.24. The highest BCUT2D eigenvalue weighted by atomic mass is 32.1. The fourth-order valence-corrected chi connectivity index (χ4v) is 3.90. The van der Waals surface area contributed by atoms with Crippen LogP contribution in [-0.2, 0) is 11.8 Å². The average molecular weight is 411 g/mol. The van der Waals surface area contributed by atoms with Crippen molar-refractivity contribution in [2.24, 2.45) is 7.05 Å². The molecule has 29 heavy (non-hydrogen) atoms. The van der Waals surface area contributed by atoms with E-state index in [9.17, 15) is 14.4 Å². The van der Waals surface area contributed by atoms with Crippen molar-refractivity contribution >= 4 is 34.5 Å². The van der Waals surface area contributed by atoms with Crippen molar-refractivity contribution < 1.29 is 9.59 Å². The van der Waals surface area contributed by atoms with Gasteiger partial charge in [-0.25, -0.2) is 9.67 Å². The van der Waals surface area contributed by atoms with E-state index in [0.717, 1.165) is 11.3 Å². The predicted molar refractivity (Wildman–Crippen MR) is 113 cm³/mol. The molecule has 3 aromatic rings. The van der Waals surface area contributed by atoms with Crippen LogP contribution in [0.2, 0.25) is 0 Å². The van der Waals surface area contributed by atoms with Crippen molar-refractivity contribution in [3.63, 3.8) is 0 Å². The van der Waals surface area contributed by atoms with E-state index < -0.39 is 0 Å². The Morgan fingerprint density at radius 2 is 1.59 bits per heavy atom. The molecule has 2 N–H and O–H groups in total. The lowest BCUT2D eigenvalue weighted by Crippen LogP contribution is -2.23. The molecule has 0 fully saturated rings. The number of hydrogen-bond donors (Lipinski definition) is 2. The lowest BCUT2D eigenvalue weighted by atomic mass is 10.1. The van der Waals surface area contributed by atoms with E-state index in [-0.39, 0.29) is 17.4 Å². The molecule has 0 radical (unpaired) electrons. The molecule has 0 aliphatic carbocycles. The monoisotopic (exact) mass is 411 g/mol. The summed E-state index contributed by atoms with van der Waals surface area (Å²) in [6.45, 7) is 6.82. The van der Waals surface area contributed by atoms with Gasteiger partial charge >= 0.3 is 0 Å². The highest BCUT2D eigenvalue weighted by molar-refractivity contribution is 7.17. The van der Waals surface area contributed by atoms with Crippen LogP contribution in [0.25, 0.3) is 10.6 Å². The summed E-state index contributed by atoms with van der Waals surface area (Å²) in [5.74, 6) is -0.471. The van der Waals surface area contributed by atoms with Gasteiger partial charge in [-0.2, -0.15) is 5.10 Å². The van der Waals surface area contributed by atoms with Crippen LogP contribution >= 0.6 is 11.3 Å². The van der Waals surface area contributed by atoms with Crippen LogP contribution in [0.5, 0.6) is 0 Å². The van der Waals surface area contributed by atoms with Crippen LogP contribution in [0.1, 0.15) is 33.5 Å². The second-order valence-electron chi connectivity index (χ2n) is 6.66. The van der Waals surface area contributed by atoms with Gasteiger partial charge in [-0.3, -0.25) is 14.4 Å². The Hall–Kier alpha value is -3.33. The SMILES string of the molecule is CC(=O)Nc1ccc(NC(=O)c2sc(-c3c(C)c(C)nn(C)c3=O)nc2C)cc1. The minimum Gasteiger partial charge on any atom is -0.326 e. The van der Waals surface area contributed by atoms with Crippen LogP contribution in [0.15, 0.2) is 29.1 Å². The van der Waals surface area contributed by atoms with Gasteiger partial charge in [0.25, 0.3) is 11.5 Å². The van der Waals surface area contributed by atoms with Crippen LogP contribution in [0.4, 0.5) is 11.4 Å². The number of aromatic nitrogens is 3. The topological polar surface area (TPSA) is 106 Å². The lowest BCUT2D eigenvalue weighted by molar-refractivity contribution is -0.114. The van der Waals surface area contributed by atoms with Gasteiger partial charge in [0.05, 0.1) is 17.0 Å². The van der Waals surface area contributed by atoms with Gasteiger partial charge in [-0.05, 0) is 50.6 Å². The summed E-state index contributed by atoms with van der Waals surface area (Å²) in [6, 6.07) is 6.81.